The number of anilines is 1. The van der Waals surface area contributed by atoms with Gasteiger partial charge in [0.15, 0.2) is 0 Å². The Morgan fingerprint density at radius 2 is 1.62 bits per heavy atom. The van der Waals surface area contributed by atoms with Gasteiger partial charge in [0, 0.05) is 46.1 Å². The van der Waals surface area contributed by atoms with Gasteiger partial charge in [-0.3, -0.25) is 4.98 Å². The normalized spacial score (nSPS) is 15.5. The number of hydrogen-bond acceptors (Lipinski definition) is 4. The summed E-state index contributed by atoms with van der Waals surface area (Å²) in [6.07, 6.45) is 8.24. The van der Waals surface area contributed by atoms with Crippen molar-refractivity contribution >= 4 is 35.0 Å². The Labute approximate surface area is 243 Å². The third kappa shape index (κ3) is 7.32. The maximum absolute atomic E-state index is 6.26. The molecule has 0 unspecified atom stereocenters. The number of likely N-dealkylation sites (tertiary alicyclic amines) is 1. The minimum atomic E-state index is -0.576. The zero-order valence-electron chi connectivity index (χ0n) is 23.4. The molecular weight excluding hydrogens is 525 g/mol. The number of hydrogen-bond donors (Lipinski definition) is 1. The lowest BCUT2D eigenvalue weighted by molar-refractivity contribution is -0.0173. The molecule has 2 heterocycles. The van der Waals surface area contributed by atoms with Gasteiger partial charge in [-0.2, -0.15) is 0 Å². The highest BCUT2D eigenvalue weighted by Crippen LogP contribution is 2.38. The van der Waals surface area contributed by atoms with Gasteiger partial charge in [0.05, 0.1) is 5.69 Å². The van der Waals surface area contributed by atoms with Crippen LogP contribution in [0.5, 0.6) is 0 Å². The molecule has 0 atom stereocenters. The number of ether oxygens (including phenoxy) is 1. The summed E-state index contributed by atoms with van der Waals surface area (Å²) in [7, 11) is 2.18. The number of aromatic nitrogens is 1. The largest absolute Gasteiger partial charge is 0.382 e. The number of piperidine rings is 1. The highest BCUT2D eigenvalue weighted by molar-refractivity contribution is 6.30. The van der Waals surface area contributed by atoms with Crippen LogP contribution in [0.1, 0.15) is 61.9 Å². The van der Waals surface area contributed by atoms with Crippen LogP contribution in [0.4, 0.5) is 5.69 Å². The van der Waals surface area contributed by atoms with Crippen LogP contribution in [-0.2, 0) is 10.3 Å². The summed E-state index contributed by atoms with van der Waals surface area (Å²) in [5.74, 6) is -0.0727. The third-order valence-electron chi connectivity index (χ3n) is 7.43. The zero-order chi connectivity index (χ0) is 28.0. The van der Waals surface area contributed by atoms with E-state index in [0.717, 1.165) is 59.6 Å². The quantitative estimate of drug-likeness (QED) is 0.250. The summed E-state index contributed by atoms with van der Waals surface area (Å²) in [6.45, 7) is 13.2. The predicted octanol–water partition coefficient (Wildman–Crippen LogP) is 8.57. The van der Waals surface area contributed by atoms with Crippen LogP contribution in [0.2, 0.25) is 10.0 Å². The molecule has 2 aromatic carbocycles. The third-order valence-corrected chi connectivity index (χ3v) is 7.93. The highest BCUT2D eigenvalue weighted by atomic mass is 35.5. The number of nitrogens with one attached hydrogen (secondary N) is 1. The SMILES string of the molecule is C=C/C(=C\c1c(NC2CCN(C)CC2)ccnc1C(C)(C)OCC)C(c1ccc(Cl)cc1)c1ccc(Cl)cc1. The topological polar surface area (TPSA) is 37.4 Å². The van der Waals surface area contributed by atoms with E-state index in [9.17, 15) is 0 Å². The molecule has 0 aliphatic carbocycles. The van der Waals surface area contributed by atoms with Crippen LogP contribution in [0.15, 0.2) is 79.0 Å². The van der Waals surface area contributed by atoms with Gasteiger partial charge in [-0.1, -0.05) is 60.1 Å². The minimum Gasteiger partial charge on any atom is -0.382 e. The van der Waals surface area contributed by atoms with Gasteiger partial charge in [0.1, 0.15) is 5.60 Å². The van der Waals surface area contributed by atoms with E-state index in [-0.39, 0.29) is 5.92 Å². The Morgan fingerprint density at radius 3 is 2.13 bits per heavy atom. The van der Waals surface area contributed by atoms with Crippen molar-refractivity contribution in [3.63, 3.8) is 0 Å². The fourth-order valence-corrected chi connectivity index (χ4v) is 5.59. The molecule has 0 spiro atoms. The number of allylic oxidation sites excluding steroid dienone is 2. The molecule has 0 bridgehead atoms. The molecule has 1 aliphatic heterocycles. The Bertz CT molecular complexity index is 1230. The molecule has 1 aliphatic rings. The number of benzene rings is 2. The molecule has 1 fully saturated rings. The molecule has 4 nitrogen and oxygen atoms in total. The van der Waals surface area contributed by atoms with Crippen molar-refractivity contribution < 1.29 is 4.74 Å². The zero-order valence-corrected chi connectivity index (χ0v) is 24.9. The number of nitrogens with zero attached hydrogens (tertiary/aromatic N) is 2. The summed E-state index contributed by atoms with van der Waals surface area (Å²) in [5, 5.41) is 5.26. The second-order valence-electron chi connectivity index (χ2n) is 10.7. The summed E-state index contributed by atoms with van der Waals surface area (Å²) in [4.78, 5) is 7.25. The summed E-state index contributed by atoms with van der Waals surface area (Å²) < 4.78 is 6.21. The molecule has 206 valence electrons. The average Bonchev–Trinajstić information content (AvgIpc) is 2.92. The Morgan fingerprint density at radius 1 is 1.05 bits per heavy atom. The second kappa shape index (κ2) is 13.1. The molecule has 0 radical (unpaired) electrons. The maximum atomic E-state index is 6.26. The molecule has 1 N–H and O–H groups in total. The molecule has 3 aromatic rings. The number of pyridine rings is 1. The smallest absolute Gasteiger partial charge is 0.105 e. The van der Waals surface area contributed by atoms with Gasteiger partial charge in [0.25, 0.3) is 0 Å². The first-order valence-corrected chi connectivity index (χ1v) is 14.4. The summed E-state index contributed by atoms with van der Waals surface area (Å²) in [6, 6.07) is 18.5. The lowest BCUT2D eigenvalue weighted by Crippen LogP contribution is -2.37. The fourth-order valence-electron chi connectivity index (χ4n) is 5.34. The number of halogens is 2. The molecule has 0 saturated carbocycles. The van der Waals surface area contributed by atoms with E-state index in [1.54, 1.807) is 0 Å². The van der Waals surface area contributed by atoms with Crippen molar-refractivity contribution in [2.75, 3.05) is 32.1 Å². The van der Waals surface area contributed by atoms with E-state index in [0.29, 0.717) is 22.7 Å². The first kappa shape index (κ1) is 29.4. The Hall–Kier alpha value is -2.63. The van der Waals surface area contributed by atoms with Crippen molar-refractivity contribution in [1.82, 2.24) is 9.88 Å². The summed E-state index contributed by atoms with van der Waals surface area (Å²) in [5.41, 5.74) is 5.69. The van der Waals surface area contributed by atoms with E-state index in [2.05, 4.69) is 74.1 Å². The Balaban J connectivity index is 1.87. The van der Waals surface area contributed by atoms with Crippen LogP contribution in [0, 0.1) is 0 Å². The van der Waals surface area contributed by atoms with Crippen LogP contribution < -0.4 is 5.32 Å². The first-order valence-electron chi connectivity index (χ1n) is 13.6. The molecule has 0 amide bonds. The van der Waals surface area contributed by atoms with Gasteiger partial charge in [-0.15, -0.1) is 0 Å². The first-order chi connectivity index (χ1) is 18.7. The van der Waals surface area contributed by atoms with Crippen molar-refractivity contribution in [2.24, 2.45) is 0 Å². The van der Waals surface area contributed by atoms with Crippen molar-refractivity contribution in [1.29, 1.82) is 0 Å². The van der Waals surface area contributed by atoms with E-state index >= 15 is 0 Å². The second-order valence-corrected chi connectivity index (χ2v) is 11.5. The van der Waals surface area contributed by atoms with Gasteiger partial charge in [-0.05, 0) is 107 Å². The lowest BCUT2D eigenvalue weighted by atomic mass is 9.83. The average molecular weight is 565 g/mol. The molecule has 39 heavy (non-hydrogen) atoms. The van der Waals surface area contributed by atoms with Crippen LogP contribution in [-0.4, -0.2) is 42.7 Å². The van der Waals surface area contributed by atoms with E-state index in [1.165, 1.54) is 0 Å². The number of rotatable bonds is 10. The molecule has 4 rings (SSSR count). The molecule has 6 heteroatoms. The van der Waals surface area contributed by atoms with Gasteiger partial charge >= 0.3 is 0 Å². The van der Waals surface area contributed by atoms with Crippen LogP contribution in [0.25, 0.3) is 6.08 Å². The minimum absolute atomic E-state index is 0.0727. The van der Waals surface area contributed by atoms with Crippen LogP contribution in [0.3, 0.4) is 0 Å². The van der Waals surface area contributed by atoms with E-state index in [1.807, 2.05) is 43.5 Å². The molecular formula is C33H39Cl2N3O. The van der Waals surface area contributed by atoms with Crippen molar-refractivity contribution in [2.45, 2.75) is 51.2 Å². The predicted molar refractivity (Wildman–Crippen MR) is 166 cm³/mol. The van der Waals surface area contributed by atoms with Crippen molar-refractivity contribution in [3.8, 4) is 0 Å². The van der Waals surface area contributed by atoms with Gasteiger partial charge in [-0.25, -0.2) is 0 Å². The van der Waals surface area contributed by atoms with Gasteiger partial charge < -0.3 is 15.0 Å². The monoisotopic (exact) mass is 563 g/mol. The Kier molecular flexibility index (Phi) is 9.90. The fraction of sp³-hybridized carbons (Fsp3) is 0.364. The van der Waals surface area contributed by atoms with E-state index < -0.39 is 5.60 Å². The van der Waals surface area contributed by atoms with Crippen molar-refractivity contribution in [3.05, 3.63) is 111 Å². The lowest BCUT2D eigenvalue weighted by Gasteiger charge is -2.32. The van der Waals surface area contributed by atoms with E-state index in [4.69, 9.17) is 32.9 Å². The summed E-state index contributed by atoms with van der Waals surface area (Å²) >= 11 is 12.5. The highest BCUT2D eigenvalue weighted by Gasteiger charge is 2.28. The van der Waals surface area contributed by atoms with Crippen LogP contribution >= 0.6 is 23.2 Å². The maximum Gasteiger partial charge on any atom is 0.105 e. The molecule has 1 aromatic heterocycles. The molecule has 1 saturated heterocycles. The standard InChI is InChI=1S/C33H39Cl2N3O/c1-6-23(31(24-8-12-26(34)13-9-24)25-10-14-27(35)15-11-25)22-29-30(37-28-17-20-38(5)21-18-28)16-19-36-32(29)33(3,4)39-7-2/h6,8-16,19,22,28,31H,1,7,17-18,20-21H2,2-5H3,(H,36,37)/b23-22+. The van der Waals surface area contributed by atoms with Gasteiger partial charge in [0.2, 0.25) is 0 Å².